The summed E-state index contributed by atoms with van der Waals surface area (Å²) in [4.78, 5) is 9.91. The zero-order valence-corrected chi connectivity index (χ0v) is 21.9. The van der Waals surface area contributed by atoms with Gasteiger partial charge >= 0.3 is 0 Å². The van der Waals surface area contributed by atoms with Gasteiger partial charge in [0.1, 0.15) is 6.07 Å². The molecular weight excluding hydrogens is 502 g/mol. The standard InChI is InChI=1S/C36H21N5/c37-22-26-19-27(23-38)35(41-33-17-9-7-15-28(33)29-16-8-10-18-34(29)41)20-30(26)36-39-31(24-11-3-1-4-12-24)21-32(40-36)25-13-5-2-6-14-25/h1-21H. The van der Waals surface area contributed by atoms with Gasteiger partial charge in [-0.25, -0.2) is 9.97 Å². The highest BCUT2D eigenvalue weighted by atomic mass is 15.0. The second-order valence-corrected chi connectivity index (χ2v) is 9.70. The van der Waals surface area contributed by atoms with Crippen LogP contribution in [-0.2, 0) is 0 Å². The molecule has 0 bridgehead atoms. The van der Waals surface area contributed by atoms with Gasteiger partial charge in [-0.05, 0) is 30.3 Å². The fourth-order valence-corrected chi connectivity index (χ4v) is 5.40. The molecule has 190 valence electrons. The smallest absolute Gasteiger partial charge is 0.161 e. The molecule has 0 aliphatic heterocycles. The molecule has 0 amide bonds. The van der Waals surface area contributed by atoms with Gasteiger partial charge < -0.3 is 4.57 Å². The Labute approximate surface area is 236 Å². The molecule has 0 radical (unpaired) electrons. The van der Waals surface area contributed by atoms with E-state index in [2.05, 4.69) is 28.8 Å². The van der Waals surface area contributed by atoms with Crippen molar-refractivity contribution in [2.24, 2.45) is 0 Å². The average molecular weight is 524 g/mol. The molecule has 7 aromatic rings. The summed E-state index contributed by atoms with van der Waals surface area (Å²) in [5, 5.41) is 22.6. The minimum Gasteiger partial charge on any atom is -0.308 e. The van der Waals surface area contributed by atoms with Crippen LogP contribution in [0.15, 0.2) is 127 Å². The topological polar surface area (TPSA) is 78.3 Å². The Morgan fingerprint density at radius 2 is 1.00 bits per heavy atom. The first-order chi connectivity index (χ1) is 20.2. The van der Waals surface area contributed by atoms with E-state index in [4.69, 9.17) is 9.97 Å². The van der Waals surface area contributed by atoms with E-state index < -0.39 is 0 Å². The molecular formula is C36H21N5. The number of fused-ring (bicyclic) bond motifs is 3. The monoisotopic (exact) mass is 523 g/mol. The fourth-order valence-electron chi connectivity index (χ4n) is 5.40. The van der Waals surface area contributed by atoms with Crippen molar-refractivity contribution in [2.75, 3.05) is 0 Å². The first-order valence-corrected chi connectivity index (χ1v) is 13.2. The molecule has 0 spiro atoms. The lowest BCUT2D eigenvalue weighted by molar-refractivity contribution is 1.14. The summed E-state index contributed by atoms with van der Waals surface area (Å²) in [6, 6.07) is 46.3. The number of nitrogens with zero attached hydrogens (tertiary/aromatic N) is 5. The van der Waals surface area contributed by atoms with Crippen molar-refractivity contribution in [3.63, 3.8) is 0 Å². The van der Waals surface area contributed by atoms with Gasteiger partial charge in [-0.1, -0.05) is 97.1 Å². The Morgan fingerprint density at radius 1 is 0.512 bits per heavy atom. The van der Waals surface area contributed by atoms with E-state index in [-0.39, 0.29) is 0 Å². The highest BCUT2D eigenvalue weighted by molar-refractivity contribution is 6.09. The summed E-state index contributed by atoms with van der Waals surface area (Å²) in [6.45, 7) is 0. The lowest BCUT2D eigenvalue weighted by atomic mass is 10.0. The van der Waals surface area contributed by atoms with Gasteiger partial charge in [0.05, 0.1) is 45.3 Å². The van der Waals surface area contributed by atoms with Crippen molar-refractivity contribution < 1.29 is 0 Å². The SMILES string of the molecule is N#Cc1cc(C#N)c(-n2c3ccccc3c3ccccc32)cc1-c1nc(-c2ccccc2)cc(-c2ccccc2)n1. The third-order valence-electron chi connectivity index (χ3n) is 7.30. The molecule has 2 heterocycles. The van der Waals surface area contributed by atoms with Crippen molar-refractivity contribution in [3.05, 3.63) is 139 Å². The van der Waals surface area contributed by atoms with Gasteiger partial charge in [-0.2, -0.15) is 10.5 Å². The van der Waals surface area contributed by atoms with Crippen molar-refractivity contribution >= 4 is 21.8 Å². The summed E-state index contributed by atoms with van der Waals surface area (Å²) in [5.74, 6) is 0.424. The molecule has 5 nitrogen and oxygen atoms in total. The van der Waals surface area contributed by atoms with E-state index in [1.54, 1.807) is 6.07 Å². The molecule has 0 saturated heterocycles. The van der Waals surface area contributed by atoms with Crippen LogP contribution in [0.25, 0.3) is 61.4 Å². The zero-order valence-electron chi connectivity index (χ0n) is 21.9. The predicted octanol–water partition coefficient (Wildman–Crippen LogP) is 8.32. The van der Waals surface area contributed by atoms with E-state index in [9.17, 15) is 10.5 Å². The van der Waals surface area contributed by atoms with Crippen LogP contribution < -0.4 is 0 Å². The minimum atomic E-state index is 0.343. The second-order valence-electron chi connectivity index (χ2n) is 9.70. The first-order valence-electron chi connectivity index (χ1n) is 13.2. The minimum absolute atomic E-state index is 0.343. The van der Waals surface area contributed by atoms with E-state index in [1.807, 2.05) is 109 Å². The van der Waals surface area contributed by atoms with E-state index >= 15 is 0 Å². The molecule has 0 N–H and O–H groups in total. The first kappa shape index (κ1) is 24.0. The van der Waals surface area contributed by atoms with Gasteiger partial charge in [-0.15, -0.1) is 0 Å². The van der Waals surface area contributed by atoms with Crippen LogP contribution in [0, 0.1) is 22.7 Å². The summed E-state index contributed by atoms with van der Waals surface area (Å²) in [7, 11) is 0. The normalized spacial score (nSPS) is 10.9. The number of aromatic nitrogens is 3. The van der Waals surface area contributed by atoms with Crippen LogP contribution in [0.3, 0.4) is 0 Å². The lowest BCUT2D eigenvalue weighted by Crippen LogP contribution is -2.02. The Hall–Kier alpha value is -6.04. The molecule has 0 atom stereocenters. The third-order valence-corrected chi connectivity index (χ3v) is 7.30. The molecule has 0 fully saturated rings. The van der Waals surface area contributed by atoms with Crippen LogP contribution >= 0.6 is 0 Å². The van der Waals surface area contributed by atoms with Gasteiger partial charge in [0, 0.05) is 27.5 Å². The van der Waals surface area contributed by atoms with Crippen LogP contribution in [-0.4, -0.2) is 14.5 Å². The van der Waals surface area contributed by atoms with Crippen molar-refractivity contribution in [2.45, 2.75) is 0 Å². The summed E-state index contributed by atoms with van der Waals surface area (Å²) in [6.07, 6.45) is 0. The fraction of sp³-hybridized carbons (Fsp3) is 0. The molecule has 41 heavy (non-hydrogen) atoms. The summed E-state index contributed by atoms with van der Waals surface area (Å²) < 4.78 is 2.09. The number of para-hydroxylation sites is 2. The maximum Gasteiger partial charge on any atom is 0.161 e. The Morgan fingerprint density at radius 3 is 1.51 bits per heavy atom. The number of hydrogen-bond donors (Lipinski definition) is 0. The summed E-state index contributed by atoms with van der Waals surface area (Å²) >= 11 is 0. The molecule has 5 heteroatoms. The Balaban J connectivity index is 1.54. The second kappa shape index (κ2) is 9.93. The van der Waals surface area contributed by atoms with Crippen LogP contribution in [0.2, 0.25) is 0 Å². The summed E-state index contributed by atoms with van der Waals surface area (Å²) in [5.41, 5.74) is 7.34. The molecule has 2 aromatic heterocycles. The van der Waals surface area contributed by atoms with E-state index in [0.717, 1.165) is 44.3 Å². The van der Waals surface area contributed by atoms with Crippen LogP contribution in [0.4, 0.5) is 0 Å². The lowest BCUT2D eigenvalue weighted by Gasteiger charge is -2.14. The Bertz CT molecular complexity index is 2050. The van der Waals surface area contributed by atoms with Crippen LogP contribution in [0.5, 0.6) is 0 Å². The highest BCUT2D eigenvalue weighted by Crippen LogP contribution is 2.36. The van der Waals surface area contributed by atoms with E-state index in [0.29, 0.717) is 28.2 Å². The number of rotatable bonds is 4. The van der Waals surface area contributed by atoms with Gasteiger partial charge in [0.25, 0.3) is 0 Å². The van der Waals surface area contributed by atoms with Gasteiger partial charge in [-0.3, -0.25) is 0 Å². The molecule has 0 aliphatic rings. The zero-order chi connectivity index (χ0) is 27.8. The maximum absolute atomic E-state index is 10.2. The maximum atomic E-state index is 10.2. The van der Waals surface area contributed by atoms with Gasteiger partial charge in [0.15, 0.2) is 5.82 Å². The number of benzene rings is 5. The van der Waals surface area contributed by atoms with Gasteiger partial charge in [0.2, 0.25) is 0 Å². The number of nitriles is 2. The molecule has 0 aliphatic carbocycles. The van der Waals surface area contributed by atoms with Crippen LogP contribution in [0.1, 0.15) is 11.1 Å². The quantitative estimate of drug-likeness (QED) is 0.232. The molecule has 0 saturated carbocycles. The van der Waals surface area contributed by atoms with E-state index in [1.165, 1.54) is 0 Å². The highest BCUT2D eigenvalue weighted by Gasteiger charge is 2.20. The average Bonchev–Trinajstić information content (AvgIpc) is 3.39. The predicted molar refractivity (Wildman–Crippen MR) is 162 cm³/mol. The van der Waals surface area contributed by atoms with Crippen molar-refractivity contribution in [1.82, 2.24) is 14.5 Å². The molecule has 5 aromatic carbocycles. The molecule has 0 unspecified atom stereocenters. The Kier molecular flexibility index (Phi) is 5.82. The largest absolute Gasteiger partial charge is 0.308 e. The van der Waals surface area contributed by atoms with Crippen molar-refractivity contribution in [1.29, 1.82) is 10.5 Å². The van der Waals surface area contributed by atoms with Crippen molar-refractivity contribution in [3.8, 4) is 51.7 Å². The number of hydrogen-bond acceptors (Lipinski definition) is 4. The molecule has 7 rings (SSSR count). The third kappa shape index (κ3) is 4.10.